The predicted octanol–water partition coefficient (Wildman–Crippen LogP) is -15.5. The summed E-state index contributed by atoms with van der Waals surface area (Å²) in [6, 6.07) is 6.38. The van der Waals surface area contributed by atoms with Gasteiger partial charge in [-0.2, -0.15) is 29.9 Å². The van der Waals surface area contributed by atoms with Gasteiger partial charge in [-0.15, -0.1) is 0 Å². The normalized spacial score (nSPS) is 13.4. The smallest absolute Gasteiger partial charge is 0.748 e. The number of hydrogen-bond acceptors (Lipinski definition) is 30. The molecule has 2 heterocycles. The van der Waals surface area contributed by atoms with Crippen LogP contribution in [0.15, 0.2) is 46.2 Å². The van der Waals surface area contributed by atoms with Gasteiger partial charge in [0.2, 0.25) is 35.7 Å². The van der Waals surface area contributed by atoms with Gasteiger partial charge < -0.3 is 79.9 Å². The van der Waals surface area contributed by atoms with Gasteiger partial charge in [0, 0.05) is 50.6 Å². The van der Waals surface area contributed by atoms with Crippen LogP contribution in [-0.4, -0.2) is 201 Å². The van der Waals surface area contributed by atoms with Crippen LogP contribution < -0.4 is 149 Å². The SMILES string of the molecule is CC(O)CN(CC(O)CO)c1nc(NCCS(=O)(=O)[O-])nc(Nc2ccc(/C=C/c3ccc(Nc4nc(NCCS(=O)(=O)[O-])nc(N(CC(C)O)CC(O)CO)n4)cc3S(=O)(=O)[O-])c(S(=O)(=O)[O-])c2)n1.[Na+].[Na+].[Na+].[Na+]. The van der Waals surface area contributed by atoms with Gasteiger partial charge in [-0.25, -0.2) is 33.7 Å². The van der Waals surface area contributed by atoms with E-state index < -0.39 is 112 Å². The number of hydrogen-bond donors (Lipinski definition) is 10. The van der Waals surface area contributed by atoms with Gasteiger partial charge in [0.05, 0.1) is 79.2 Å². The van der Waals surface area contributed by atoms with Crippen molar-refractivity contribution in [1.82, 2.24) is 29.9 Å². The van der Waals surface area contributed by atoms with Gasteiger partial charge >= 0.3 is 118 Å². The van der Waals surface area contributed by atoms with Crippen molar-refractivity contribution in [2.24, 2.45) is 0 Å². The number of anilines is 8. The minimum Gasteiger partial charge on any atom is -0.748 e. The fourth-order valence-electron chi connectivity index (χ4n) is 5.97. The molecule has 0 spiro atoms. The van der Waals surface area contributed by atoms with E-state index in [0.717, 1.165) is 36.4 Å². The van der Waals surface area contributed by atoms with E-state index in [2.05, 4.69) is 51.2 Å². The number of aliphatic hydroxyl groups is 6. The third-order valence-electron chi connectivity index (χ3n) is 8.86. The number of aromatic nitrogens is 6. The van der Waals surface area contributed by atoms with Crippen molar-refractivity contribution < 1.29 is 201 Å². The van der Waals surface area contributed by atoms with E-state index in [0.29, 0.717) is 0 Å². The molecule has 4 rings (SSSR count). The first-order chi connectivity index (χ1) is 32.5. The quantitative estimate of drug-likeness (QED) is 0.0143. The summed E-state index contributed by atoms with van der Waals surface area (Å²) in [5, 5.41) is 69.6. The Bertz CT molecular complexity index is 2750. The molecule has 0 saturated carbocycles. The number of rotatable bonds is 28. The Labute approximate surface area is 514 Å². The first-order valence-electron chi connectivity index (χ1n) is 20.2. The van der Waals surface area contributed by atoms with E-state index in [9.17, 15) is 82.5 Å². The van der Waals surface area contributed by atoms with Gasteiger partial charge in [-0.05, 0) is 49.2 Å². The Morgan fingerprint density at radius 2 is 0.851 bits per heavy atom. The minimum atomic E-state index is -5.34. The molecule has 0 aliphatic carbocycles. The number of aliphatic hydroxyl groups excluding tert-OH is 6. The molecule has 10 N–H and O–H groups in total. The molecule has 74 heavy (non-hydrogen) atoms. The molecule has 4 aromatic rings. The molecule has 2 aromatic heterocycles. The first-order valence-corrected chi connectivity index (χ1v) is 26.2. The van der Waals surface area contributed by atoms with Crippen LogP contribution in [-0.2, 0) is 40.5 Å². The van der Waals surface area contributed by atoms with Gasteiger partial charge in [0.15, 0.2) is 0 Å². The van der Waals surface area contributed by atoms with Crippen LogP contribution in [0.5, 0.6) is 0 Å². The van der Waals surface area contributed by atoms with Crippen molar-refractivity contribution in [3.63, 3.8) is 0 Å². The van der Waals surface area contributed by atoms with Crippen molar-refractivity contribution >= 4 is 99.7 Å². The molecule has 0 amide bonds. The van der Waals surface area contributed by atoms with E-state index in [-0.39, 0.29) is 203 Å². The minimum absolute atomic E-state index is 0. The zero-order chi connectivity index (χ0) is 52.2. The molecule has 2 aromatic carbocycles. The van der Waals surface area contributed by atoms with E-state index in [4.69, 9.17) is 0 Å². The zero-order valence-electron chi connectivity index (χ0n) is 40.8. The van der Waals surface area contributed by atoms with Crippen LogP contribution in [0.4, 0.5) is 47.1 Å². The van der Waals surface area contributed by atoms with Crippen molar-refractivity contribution in [3.05, 3.63) is 47.5 Å². The summed E-state index contributed by atoms with van der Waals surface area (Å²) in [5.74, 6) is -3.75. The van der Waals surface area contributed by atoms with E-state index >= 15 is 0 Å². The van der Waals surface area contributed by atoms with Crippen LogP contribution >= 0.6 is 0 Å². The second-order valence-corrected chi connectivity index (χ2v) is 20.9. The molecule has 0 radical (unpaired) electrons. The van der Waals surface area contributed by atoms with Gasteiger partial charge in [0.25, 0.3) is 0 Å². The average Bonchev–Trinajstić information content (AvgIpc) is 3.23. The fourth-order valence-corrected chi connectivity index (χ4v) is 8.06. The second-order valence-electron chi connectivity index (χ2n) is 15.1. The molecule has 0 aliphatic heterocycles. The molecule has 0 aliphatic rings. The van der Waals surface area contributed by atoms with Crippen LogP contribution in [0.1, 0.15) is 25.0 Å². The molecular formula is C36H48N12Na4O18S4. The molecule has 4 atom stereocenters. The number of nitrogens with zero attached hydrogens (tertiary/aromatic N) is 8. The Balaban J connectivity index is 0.0000133. The monoisotopic (exact) mass is 1160 g/mol. The van der Waals surface area contributed by atoms with Crippen LogP contribution in [0.3, 0.4) is 0 Å². The van der Waals surface area contributed by atoms with Crippen molar-refractivity contribution in [2.45, 2.75) is 48.1 Å². The van der Waals surface area contributed by atoms with Gasteiger partial charge in [-0.1, -0.05) is 24.3 Å². The van der Waals surface area contributed by atoms with E-state index in [1.54, 1.807) is 0 Å². The average molecular weight is 1160 g/mol. The third-order valence-corrected chi connectivity index (χ3v) is 12.0. The standard InChI is InChI=1S/C36H52N12O18S4.4Na/c1-21(51)15-47(17-27(53)19-49)35-43-31(37-9-11-67(55,56)57)41-33(45-35)39-25-7-5-23(29(13-25)69(61,62)63)3-4-24-6-8-26(14-30(24)70(64,65)66)40-34-42-32(38-10-12-68(58,59)60)44-36(46-34)48(16-22(2)52)18-28(54)20-50;;;;/h3-8,13-14,21-22,27-28,49-54H,9-12,15-20H2,1-2H3,(H,55,56,57)(H,58,59,60)(H,61,62,63)(H,64,65,66)(H2,37,39,41,43,45)(H2,38,40,42,44,46);;;;/q;4*+1/p-4/b4-3+;;;;. The largest absolute Gasteiger partial charge is 1.00 e. The maximum Gasteiger partial charge on any atom is 1.00 e. The summed E-state index contributed by atoms with van der Waals surface area (Å²) in [4.78, 5) is 25.5. The summed E-state index contributed by atoms with van der Waals surface area (Å²) in [6.07, 6.45) is -2.80. The van der Waals surface area contributed by atoms with Crippen molar-refractivity contribution in [1.29, 1.82) is 0 Å². The van der Waals surface area contributed by atoms with Crippen molar-refractivity contribution in [2.75, 3.05) is 95.1 Å². The molecule has 38 heteroatoms. The fraction of sp³-hybridized carbons (Fsp3) is 0.444. The summed E-state index contributed by atoms with van der Waals surface area (Å²) in [5.41, 5.74) is -0.930. The molecule has 388 valence electrons. The van der Waals surface area contributed by atoms with E-state index in [1.807, 2.05) is 0 Å². The van der Waals surface area contributed by atoms with Gasteiger partial charge in [-0.3, -0.25) is 0 Å². The second kappa shape index (κ2) is 32.5. The summed E-state index contributed by atoms with van der Waals surface area (Å²) < 4.78 is 143. The zero-order valence-corrected chi connectivity index (χ0v) is 52.1. The predicted molar refractivity (Wildman–Crippen MR) is 244 cm³/mol. The van der Waals surface area contributed by atoms with Crippen LogP contribution in [0.2, 0.25) is 0 Å². The molecule has 4 unspecified atom stereocenters. The Morgan fingerprint density at radius 1 is 0.527 bits per heavy atom. The maximum absolute atomic E-state index is 12.6. The Hall–Kier alpha value is -1.60. The first kappa shape index (κ1) is 72.4. The molecule has 0 saturated heterocycles. The maximum atomic E-state index is 12.6. The van der Waals surface area contributed by atoms with Crippen LogP contribution in [0, 0.1) is 0 Å². The Kier molecular flexibility index (Phi) is 31.8. The molecular weight excluding hydrogens is 1110 g/mol. The van der Waals surface area contributed by atoms with Crippen molar-refractivity contribution in [3.8, 4) is 0 Å². The number of benzene rings is 2. The third kappa shape index (κ3) is 25.5. The number of nitrogens with one attached hydrogen (secondary N) is 4. The summed E-state index contributed by atoms with van der Waals surface area (Å²) in [7, 11) is -20.1. The topological polar surface area (TPSA) is 482 Å². The van der Waals surface area contributed by atoms with Crippen LogP contribution in [0.25, 0.3) is 12.2 Å². The van der Waals surface area contributed by atoms with E-state index in [1.165, 1.54) is 35.8 Å². The summed E-state index contributed by atoms with van der Waals surface area (Å²) >= 11 is 0. The molecule has 0 bridgehead atoms. The molecule has 0 fully saturated rings. The molecule has 30 nitrogen and oxygen atoms in total. The Morgan fingerprint density at radius 3 is 1.14 bits per heavy atom. The summed E-state index contributed by atoms with van der Waals surface area (Å²) in [6.45, 7) is -0.694. The van der Waals surface area contributed by atoms with Gasteiger partial charge in [0.1, 0.15) is 20.2 Å².